The highest BCUT2D eigenvalue weighted by atomic mass is 32.1. The van der Waals surface area contributed by atoms with Crippen molar-refractivity contribution in [3.63, 3.8) is 0 Å². The molecule has 2 atom stereocenters. The summed E-state index contributed by atoms with van der Waals surface area (Å²) in [7, 11) is 1.63. The number of amides is 4. The monoisotopic (exact) mass is 716 g/mol. The number of aryl methyl sites for hydroxylation is 1. The summed E-state index contributed by atoms with van der Waals surface area (Å²) in [5, 5.41) is 7.83. The number of nitrogens with zero attached hydrogens (tertiary/aromatic N) is 4. The number of fused-ring (bicyclic) bond motifs is 5. The molecule has 4 bridgehead atoms. The quantitative estimate of drug-likeness (QED) is 0.412. The van der Waals surface area contributed by atoms with Crippen LogP contribution in [0.3, 0.4) is 0 Å². The standard InChI is InChI=1S/C38H45FN6O5S/c1-24-31-20-33(46)42-38(12-16-44(17-13-38)36(48)27-6-8-28(39)9-7-27)21-34(47)45-23-29(40-22-25-4-3-5-30(18-25)50-2)19-32(45)37(49)43-14-10-26(11-15-43)35(41-31)51-24/h3-9,18,26,29,32,40H,10-17,19-23H2,1-2H3,(H,42,46)/t29-,32-/m0/s1. The van der Waals surface area contributed by atoms with Crippen molar-refractivity contribution < 1.29 is 28.3 Å². The molecule has 1 spiro atoms. The smallest absolute Gasteiger partial charge is 0.253 e. The van der Waals surface area contributed by atoms with Crippen LogP contribution in [0.25, 0.3) is 0 Å². The first-order chi connectivity index (χ1) is 24.6. The molecule has 1 aromatic heterocycles. The molecule has 13 heteroatoms. The van der Waals surface area contributed by atoms with E-state index in [1.54, 1.807) is 28.2 Å². The number of likely N-dealkylation sites (tertiary alicyclic amines) is 1. The zero-order valence-electron chi connectivity index (χ0n) is 29.2. The minimum Gasteiger partial charge on any atom is -0.497 e. The number of benzene rings is 2. The summed E-state index contributed by atoms with van der Waals surface area (Å²) in [6.07, 6.45) is 2.90. The van der Waals surface area contributed by atoms with Gasteiger partial charge in [0.1, 0.15) is 17.6 Å². The van der Waals surface area contributed by atoms with Gasteiger partial charge in [0.2, 0.25) is 17.7 Å². The van der Waals surface area contributed by atoms with E-state index in [2.05, 4.69) is 10.6 Å². The highest BCUT2D eigenvalue weighted by Gasteiger charge is 2.46. The Morgan fingerprint density at radius 2 is 1.82 bits per heavy atom. The number of hydrogen-bond donors (Lipinski definition) is 2. The molecule has 6 heterocycles. The van der Waals surface area contributed by atoms with E-state index in [1.807, 2.05) is 36.1 Å². The average molecular weight is 717 g/mol. The fourth-order valence-electron chi connectivity index (χ4n) is 8.03. The molecule has 2 aromatic carbocycles. The third-order valence-electron chi connectivity index (χ3n) is 11.0. The third-order valence-corrected chi connectivity index (χ3v) is 12.2. The van der Waals surface area contributed by atoms with Gasteiger partial charge in [-0.05, 0) is 81.0 Å². The molecule has 4 amide bonds. The molecule has 0 radical (unpaired) electrons. The number of hydrogen-bond acceptors (Lipinski definition) is 8. The van der Waals surface area contributed by atoms with Gasteiger partial charge < -0.3 is 30.1 Å². The number of methoxy groups -OCH3 is 1. The van der Waals surface area contributed by atoms with Crippen LogP contribution in [0.2, 0.25) is 0 Å². The summed E-state index contributed by atoms with van der Waals surface area (Å²) in [5.41, 5.74) is 1.25. The van der Waals surface area contributed by atoms with E-state index >= 15 is 0 Å². The maximum absolute atomic E-state index is 14.5. The SMILES string of the molecule is COc1cccc(CN[C@H]2C[C@H]3C(=O)N4CCC(CC4)c4nc(c(C)s4)CC(=O)NC4(CCN(C(=O)c5ccc(F)cc5)CC4)CC(=O)N3C2)c1. The maximum Gasteiger partial charge on any atom is 0.253 e. The van der Waals surface area contributed by atoms with Crippen molar-refractivity contribution in [1.29, 1.82) is 0 Å². The molecular weight excluding hydrogens is 672 g/mol. The minimum atomic E-state index is -0.920. The van der Waals surface area contributed by atoms with Gasteiger partial charge in [-0.15, -0.1) is 11.3 Å². The van der Waals surface area contributed by atoms with Gasteiger partial charge in [-0.3, -0.25) is 19.2 Å². The molecule has 0 aliphatic carbocycles. The van der Waals surface area contributed by atoms with Gasteiger partial charge in [-0.25, -0.2) is 9.37 Å². The van der Waals surface area contributed by atoms with Crippen LogP contribution in [-0.2, 0) is 27.3 Å². The van der Waals surface area contributed by atoms with Crippen LogP contribution in [-0.4, -0.2) is 101 Å². The molecule has 3 saturated heterocycles. The van der Waals surface area contributed by atoms with E-state index in [0.29, 0.717) is 64.1 Å². The van der Waals surface area contributed by atoms with Gasteiger partial charge >= 0.3 is 0 Å². The normalized spacial score (nSPS) is 22.7. The lowest BCUT2D eigenvalue weighted by Gasteiger charge is -2.43. The number of thiazole rings is 1. The first kappa shape index (κ1) is 35.1. The van der Waals surface area contributed by atoms with E-state index in [1.165, 1.54) is 24.3 Å². The van der Waals surface area contributed by atoms with Crippen LogP contribution in [0.4, 0.5) is 4.39 Å². The van der Waals surface area contributed by atoms with Gasteiger partial charge in [0.05, 0.1) is 36.2 Å². The largest absolute Gasteiger partial charge is 0.497 e. The van der Waals surface area contributed by atoms with Gasteiger partial charge in [0.25, 0.3) is 5.91 Å². The molecule has 5 aliphatic heterocycles. The number of rotatable bonds is 5. The number of halogens is 1. The lowest BCUT2D eigenvalue weighted by molar-refractivity contribution is -0.145. The van der Waals surface area contributed by atoms with Crippen LogP contribution in [0.15, 0.2) is 48.5 Å². The Morgan fingerprint density at radius 3 is 2.55 bits per heavy atom. The summed E-state index contributed by atoms with van der Waals surface area (Å²) >= 11 is 1.63. The molecular formula is C38H45FN6O5S. The molecule has 0 unspecified atom stereocenters. The fourth-order valence-corrected chi connectivity index (χ4v) is 9.13. The lowest BCUT2D eigenvalue weighted by Crippen LogP contribution is -2.59. The Labute approximate surface area is 301 Å². The number of ether oxygens (including phenoxy) is 1. The van der Waals surface area contributed by atoms with Gasteiger partial charge in [0.15, 0.2) is 0 Å². The van der Waals surface area contributed by atoms with Crippen LogP contribution < -0.4 is 15.4 Å². The van der Waals surface area contributed by atoms with Crippen LogP contribution >= 0.6 is 11.3 Å². The van der Waals surface area contributed by atoms with Crippen molar-refractivity contribution in [1.82, 2.24) is 30.3 Å². The Bertz CT molecular complexity index is 1780. The van der Waals surface area contributed by atoms with E-state index in [-0.39, 0.29) is 48.4 Å². The summed E-state index contributed by atoms with van der Waals surface area (Å²) in [5.74, 6) is -0.0920. The Kier molecular flexibility index (Phi) is 10.1. The number of nitrogens with one attached hydrogen (secondary N) is 2. The van der Waals surface area contributed by atoms with Crippen molar-refractivity contribution in [3.05, 3.63) is 81.1 Å². The van der Waals surface area contributed by atoms with Gasteiger partial charge in [-0.2, -0.15) is 0 Å². The molecule has 51 heavy (non-hydrogen) atoms. The average Bonchev–Trinajstić information content (AvgIpc) is 3.74. The van der Waals surface area contributed by atoms with Crippen molar-refractivity contribution in [2.75, 3.05) is 39.8 Å². The van der Waals surface area contributed by atoms with Crippen molar-refractivity contribution in [3.8, 4) is 5.75 Å². The number of carbonyl (C=O) groups excluding carboxylic acids is 4. The highest BCUT2D eigenvalue weighted by molar-refractivity contribution is 7.11. The van der Waals surface area contributed by atoms with Crippen LogP contribution in [0, 0.1) is 12.7 Å². The van der Waals surface area contributed by atoms with Crippen molar-refractivity contribution >= 4 is 35.0 Å². The van der Waals surface area contributed by atoms with Crippen LogP contribution in [0.1, 0.15) is 75.9 Å². The Morgan fingerprint density at radius 1 is 1.08 bits per heavy atom. The summed E-state index contributed by atoms with van der Waals surface area (Å²) in [6.45, 7) is 4.74. The Hall–Kier alpha value is -4.36. The summed E-state index contributed by atoms with van der Waals surface area (Å²) < 4.78 is 18.9. The topological polar surface area (TPSA) is 124 Å². The van der Waals surface area contributed by atoms with E-state index in [4.69, 9.17) is 9.72 Å². The maximum atomic E-state index is 14.5. The minimum absolute atomic E-state index is 0.00702. The van der Waals surface area contributed by atoms with Crippen molar-refractivity contribution in [2.45, 2.75) is 82.0 Å². The lowest BCUT2D eigenvalue weighted by atomic mass is 9.83. The van der Waals surface area contributed by atoms with E-state index < -0.39 is 17.4 Å². The number of carbonyl (C=O) groups is 4. The second-order valence-electron chi connectivity index (χ2n) is 14.4. The third kappa shape index (κ3) is 7.64. The Balaban J connectivity index is 1.15. The molecule has 3 aromatic rings. The van der Waals surface area contributed by atoms with Crippen molar-refractivity contribution in [2.24, 2.45) is 0 Å². The predicted octanol–water partition coefficient (Wildman–Crippen LogP) is 3.80. The number of piperidine rings is 2. The molecule has 2 N–H and O–H groups in total. The summed E-state index contributed by atoms with van der Waals surface area (Å²) in [6, 6.07) is 12.6. The van der Waals surface area contributed by atoms with Gasteiger partial charge in [0, 0.05) is 61.7 Å². The van der Waals surface area contributed by atoms with Gasteiger partial charge in [-0.1, -0.05) is 12.1 Å². The molecule has 270 valence electrons. The highest BCUT2D eigenvalue weighted by Crippen LogP contribution is 2.35. The fraction of sp³-hybridized carbons (Fsp3) is 0.500. The summed E-state index contributed by atoms with van der Waals surface area (Å²) in [4.78, 5) is 67.0. The molecule has 5 aliphatic rings. The zero-order valence-corrected chi connectivity index (χ0v) is 30.0. The first-order valence-electron chi connectivity index (χ1n) is 17.9. The molecule has 11 nitrogen and oxygen atoms in total. The number of aromatic nitrogens is 1. The first-order valence-corrected chi connectivity index (χ1v) is 18.7. The second-order valence-corrected chi connectivity index (χ2v) is 15.6. The predicted molar refractivity (Wildman–Crippen MR) is 190 cm³/mol. The van der Waals surface area contributed by atoms with E-state index in [9.17, 15) is 23.6 Å². The zero-order chi connectivity index (χ0) is 35.7. The molecule has 0 saturated carbocycles. The van der Waals surface area contributed by atoms with Crippen LogP contribution in [0.5, 0.6) is 5.75 Å². The molecule has 3 fully saturated rings. The second kappa shape index (κ2) is 14.7. The van der Waals surface area contributed by atoms with E-state index in [0.717, 1.165) is 39.7 Å². The molecule has 8 rings (SSSR count).